The van der Waals surface area contributed by atoms with Gasteiger partial charge in [-0.3, -0.25) is 4.79 Å². The van der Waals surface area contributed by atoms with Crippen LogP contribution in [0, 0.1) is 0 Å². The summed E-state index contributed by atoms with van der Waals surface area (Å²) in [6.07, 6.45) is 1.42. The number of furan rings is 1. The molecular formula is C16H17Cl2N3O3. The second-order valence-corrected chi connectivity index (χ2v) is 5.86. The number of carbonyl (C=O) groups is 2. The van der Waals surface area contributed by atoms with E-state index in [1.165, 1.54) is 6.26 Å². The highest BCUT2D eigenvalue weighted by molar-refractivity contribution is 6.35. The molecule has 0 saturated heterocycles. The number of carbonyl (C=O) groups excluding carboxylic acids is 2. The molecule has 0 aliphatic rings. The molecule has 0 fully saturated rings. The van der Waals surface area contributed by atoms with Crippen molar-refractivity contribution in [2.75, 3.05) is 13.1 Å². The predicted octanol–water partition coefficient (Wildman–Crippen LogP) is 3.38. The topological polar surface area (TPSA) is 83.4 Å². The van der Waals surface area contributed by atoms with Crippen LogP contribution >= 0.6 is 23.2 Å². The third-order valence-corrected chi connectivity index (χ3v) is 3.78. The molecule has 2 aromatic rings. The fourth-order valence-electron chi connectivity index (χ4n) is 2.03. The van der Waals surface area contributed by atoms with Crippen molar-refractivity contribution in [1.82, 2.24) is 16.0 Å². The van der Waals surface area contributed by atoms with Crippen molar-refractivity contribution in [2.45, 2.75) is 13.0 Å². The first-order valence-corrected chi connectivity index (χ1v) is 8.04. The summed E-state index contributed by atoms with van der Waals surface area (Å²) in [4.78, 5) is 23.5. The Morgan fingerprint density at radius 1 is 1.17 bits per heavy atom. The Morgan fingerprint density at radius 3 is 2.58 bits per heavy atom. The molecule has 0 aliphatic heterocycles. The first-order valence-electron chi connectivity index (χ1n) is 7.28. The lowest BCUT2D eigenvalue weighted by Crippen LogP contribution is -2.41. The quantitative estimate of drug-likeness (QED) is 0.682. The second-order valence-electron chi connectivity index (χ2n) is 5.02. The standard InChI is InChI=1S/C16H17Cl2N3O3/c1-10(12-5-4-11(17)9-13(12)18)21-16(23)20-7-6-19-15(22)14-3-2-8-24-14/h2-5,8-10H,6-7H2,1H3,(H,19,22)(H2,20,21,23)/t10-/m0/s1. The summed E-state index contributed by atoms with van der Waals surface area (Å²) in [6.45, 7) is 2.37. The van der Waals surface area contributed by atoms with E-state index in [4.69, 9.17) is 27.6 Å². The highest BCUT2D eigenvalue weighted by atomic mass is 35.5. The fraction of sp³-hybridized carbons (Fsp3) is 0.250. The van der Waals surface area contributed by atoms with E-state index in [9.17, 15) is 9.59 Å². The third kappa shape index (κ3) is 5.18. The first kappa shape index (κ1) is 18.2. The van der Waals surface area contributed by atoms with E-state index in [0.29, 0.717) is 10.0 Å². The van der Waals surface area contributed by atoms with Crippen molar-refractivity contribution >= 4 is 35.1 Å². The first-order chi connectivity index (χ1) is 11.5. The summed E-state index contributed by atoms with van der Waals surface area (Å²) in [5.41, 5.74) is 0.766. The van der Waals surface area contributed by atoms with Gasteiger partial charge in [0.25, 0.3) is 5.91 Å². The normalized spacial score (nSPS) is 11.6. The van der Waals surface area contributed by atoms with Crippen molar-refractivity contribution in [2.24, 2.45) is 0 Å². The number of rotatable bonds is 6. The van der Waals surface area contributed by atoms with E-state index in [1.807, 2.05) is 6.92 Å². The Morgan fingerprint density at radius 2 is 1.92 bits per heavy atom. The van der Waals surface area contributed by atoms with Crippen LogP contribution in [-0.2, 0) is 0 Å². The van der Waals surface area contributed by atoms with Crippen LogP contribution in [0.1, 0.15) is 29.1 Å². The minimum atomic E-state index is -0.360. The van der Waals surface area contributed by atoms with E-state index in [0.717, 1.165) is 5.56 Å². The van der Waals surface area contributed by atoms with Gasteiger partial charge in [0.1, 0.15) is 0 Å². The Hall–Kier alpha value is -2.18. The van der Waals surface area contributed by atoms with Crippen molar-refractivity contribution in [3.8, 4) is 0 Å². The molecule has 3 N–H and O–H groups in total. The molecule has 0 radical (unpaired) electrons. The van der Waals surface area contributed by atoms with E-state index in [1.54, 1.807) is 30.3 Å². The van der Waals surface area contributed by atoms with Crippen molar-refractivity contribution in [1.29, 1.82) is 0 Å². The van der Waals surface area contributed by atoms with Crippen molar-refractivity contribution in [3.63, 3.8) is 0 Å². The summed E-state index contributed by atoms with van der Waals surface area (Å²) >= 11 is 12.0. The highest BCUT2D eigenvalue weighted by Gasteiger charge is 2.13. The SMILES string of the molecule is C[C@H](NC(=O)NCCNC(=O)c1ccco1)c1ccc(Cl)cc1Cl. The van der Waals surface area contributed by atoms with Crippen LogP contribution in [0.2, 0.25) is 10.0 Å². The largest absolute Gasteiger partial charge is 0.459 e. The molecule has 0 unspecified atom stereocenters. The number of urea groups is 1. The highest BCUT2D eigenvalue weighted by Crippen LogP contribution is 2.25. The zero-order chi connectivity index (χ0) is 17.5. The molecule has 24 heavy (non-hydrogen) atoms. The van der Waals surface area contributed by atoms with Crippen molar-refractivity contribution in [3.05, 3.63) is 58.0 Å². The molecule has 1 heterocycles. The Bertz CT molecular complexity index is 705. The second kappa shape index (κ2) is 8.61. The van der Waals surface area contributed by atoms with Crippen LogP contribution in [0.5, 0.6) is 0 Å². The lowest BCUT2D eigenvalue weighted by Gasteiger charge is -2.16. The molecule has 128 valence electrons. The Balaban J connectivity index is 1.72. The van der Waals surface area contributed by atoms with Gasteiger partial charge in [0.2, 0.25) is 0 Å². The van der Waals surface area contributed by atoms with Crippen LogP contribution in [0.3, 0.4) is 0 Å². The average molecular weight is 370 g/mol. The summed E-state index contributed by atoms with van der Waals surface area (Å²) in [5, 5.41) is 9.07. The molecule has 0 saturated carbocycles. The summed E-state index contributed by atoms with van der Waals surface area (Å²) < 4.78 is 4.96. The maximum atomic E-state index is 11.9. The van der Waals surface area contributed by atoms with Crippen LogP contribution in [0.25, 0.3) is 0 Å². The molecular weight excluding hydrogens is 353 g/mol. The lowest BCUT2D eigenvalue weighted by atomic mass is 10.1. The maximum absolute atomic E-state index is 11.9. The molecule has 1 aromatic carbocycles. The van der Waals surface area contributed by atoms with Gasteiger partial charge in [-0.15, -0.1) is 0 Å². The van der Waals surface area contributed by atoms with Crippen LogP contribution in [0.4, 0.5) is 4.79 Å². The Labute approximate surface area is 149 Å². The van der Waals surface area contributed by atoms with Gasteiger partial charge in [-0.05, 0) is 36.8 Å². The van der Waals surface area contributed by atoms with Gasteiger partial charge in [0, 0.05) is 23.1 Å². The number of halogens is 2. The molecule has 8 heteroatoms. The van der Waals surface area contributed by atoms with Crippen LogP contribution in [0.15, 0.2) is 41.0 Å². The molecule has 0 spiro atoms. The molecule has 1 atom stereocenters. The van der Waals surface area contributed by atoms with E-state index in [-0.39, 0.29) is 36.8 Å². The van der Waals surface area contributed by atoms with Gasteiger partial charge >= 0.3 is 6.03 Å². The van der Waals surface area contributed by atoms with Gasteiger partial charge < -0.3 is 20.4 Å². The molecule has 6 nitrogen and oxygen atoms in total. The smallest absolute Gasteiger partial charge is 0.315 e. The Kier molecular flexibility index (Phi) is 6.52. The van der Waals surface area contributed by atoms with Gasteiger partial charge in [0.05, 0.1) is 12.3 Å². The van der Waals surface area contributed by atoms with Gasteiger partial charge in [-0.2, -0.15) is 0 Å². The molecule has 2 rings (SSSR count). The zero-order valence-corrected chi connectivity index (χ0v) is 14.4. The number of hydrogen-bond acceptors (Lipinski definition) is 3. The minimum absolute atomic E-state index is 0.227. The monoisotopic (exact) mass is 369 g/mol. The van der Waals surface area contributed by atoms with Crippen LogP contribution in [-0.4, -0.2) is 25.0 Å². The molecule has 0 aliphatic carbocycles. The summed E-state index contributed by atoms with van der Waals surface area (Å²) in [5.74, 6) is -0.103. The average Bonchev–Trinajstić information content (AvgIpc) is 3.05. The zero-order valence-electron chi connectivity index (χ0n) is 12.9. The van der Waals surface area contributed by atoms with E-state index >= 15 is 0 Å². The minimum Gasteiger partial charge on any atom is -0.459 e. The van der Waals surface area contributed by atoms with Gasteiger partial charge in [-0.1, -0.05) is 29.3 Å². The molecule has 0 bridgehead atoms. The summed E-state index contributed by atoms with van der Waals surface area (Å²) in [6, 6.07) is 7.64. The number of hydrogen-bond donors (Lipinski definition) is 3. The number of amides is 3. The molecule has 3 amide bonds. The van der Waals surface area contributed by atoms with E-state index < -0.39 is 0 Å². The lowest BCUT2D eigenvalue weighted by molar-refractivity contribution is 0.0926. The predicted molar refractivity (Wildman–Crippen MR) is 92.5 cm³/mol. The summed E-state index contributed by atoms with van der Waals surface area (Å²) in [7, 11) is 0. The van der Waals surface area contributed by atoms with Crippen molar-refractivity contribution < 1.29 is 14.0 Å². The van der Waals surface area contributed by atoms with Gasteiger partial charge in [0.15, 0.2) is 5.76 Å². The van der Waals surface area contributed by atoms with E-state index in [2.05, 4.69) is 16.0 Å². The third-order valence-electron chi connectivity index (χ3n) is 3.22. The maximum Gasteiger partial charge on any atom is 0.315 e. The van der Waals surface area contributed by atoms with Crippen LogP contribution < -0.4 is 16.0 Å². The molecule has 1 aromatic heterocycles. The van der Waals surface area contributed by atoms with Gasteiger partial charge in [-0.25, -0.2) is 4.79 Å². The number of nitrogens with one attached hydrogen (secondary N) is 3. The fourth-order valence-corrected chi connectivity index (χ4v) is 2.60. The number of benzene rings is 1.